The Morgan fingerprint density at radius 3 is 2.65 bits per heavy atom. The van der Waals surface area contributed by atoms with E-state index in [1.807, 2.05) is 0 Å². The highest BCUT2D eigenvalue weighted by molar-refractivity contribution is 6.33. The zero-order valence-electron chi connectivity index (χ0n) is 10.6. The second-order valence-electron chi connectivity index (χ2n) is 3.79. The van der Waals surface area contributed by atoms with Crippen LogP contribution in [0.3, 0.4) is 0 Å². The van der Waals surface area contributed by atoms with E-state index in [1.54, 1.807) is 0 Å². The van der Waals surface area contributed by atoms with Crippen LogP contribution in [0, 0.1) is 0 Å². The Morgan fingerprint density at radius 1 is 1.35 bits per heavy atom. The summed E-state index contributed by atoms with van der Waals surface area (Å²) >= 11 is 5.73. The second kappa shape index (κ2) is 7.47. The average Bonchev–Trinajstić information content (AvgIpc) is 2.36. The first-order valence-electron chi connectivity index (χ1n) is 5.58. The lowest BCUT2D eigenvalue weighted by Gasteiger charge is -2.11. The molecule has 1 aromatic carbocycles. The van der Waals surface area contributed by atoms with Crippen LogP contribution in [0.2, 0.25) is 5.02 Å². The van der Waals surface area contributed by atoms with E-state index in [9.17, 15) is 18.0 Å². The summed E-state index contributed by atoms with van der Waals surface area (Å²) in [5, 5.41) is 2.28. The van der Waals surface area contributed by atoms with Crippen LogP contribution in [0.5, 0.6) is 0 Å². The van der Waals surface area contributed by atoms with Crippen LogP contribution in [0.25, 0.3) is 0 Å². The molecule has 0 radical (unpaired) electrons. The molecule has 4 nitrogen and oxygen atoms in total. The fourth-order valence-electron chi connectivity index (χ4n) is 1.29. The van der Waals surface area contributed by atoms with Crippen LogP contribution in [-0.4, -0.2) is 32.8 Å². The van der Waals surface area contributed by atoms with Gasteiger partial charge in [0.15, 0.2) is 0 Å². The molecule has 0 heterocycles. The first-order valence-corrected chi connectivity index (χ1v) is 5.95. The predicted octanol–water partition coefficient (Wildman–Crippen LogP) is 2.96. The molecule has 0 fully saturated rings. The largest absolute Gasteiger partial charge is 0.416 e. The zero-order valence-corrected chi connectivity index (χ0v) is 11.3. The molecule has 0 unspecified atom stereocenters. The number of amides is 1. The normalized spacial score (nSPS) is 11.4. The molecule has 0 saturated heterocycles. The number of halogens is 4. The Hall–Kier alpha value is -1.31. The third-order valence-electron chi connectivity index (χ3n) is 2.23. The lowest BCUT2D eigenvalue weighted by atomic mass is 10.2. The van der Waals surface area contributed by atoms with Gasteiger partial charge in [-0.2, -0.15) is 13.2 Å². The van der Waals surface area contributed by atoms with Crippen LogP contribution in [0.1, 0.15) is 5.56 Å². The van der Waals surface area contributed by atoms with Crippen molar-refractivity contribution in [2.45, 2.75) is 6.18 Å². The van der Waals surface area contributed by atoms with Gasteiger partial charge in [-0.1, -0.05) is 11.6 Å². The maximum Gasteiger partial charge on any atom is 0.416 e. The highest BCUT2D eigenvalue weighted by Gasteiger charge is 2.31. The van der Waals surface area contributed by atoms with Crippen molar-refractivity contribution in [2.24, 2.45) is 0 Å². The Bertz CT molecular complexity index is 466. The van der Waals surface area contributed by atoms with Gasteiger partial charge in [0.25, 0.3) is 0 Å². The molecule has 8 heteroatoms. The monoisotopic (exact) mass is 311 g/mol. The van der Waals surface area contributed by atoms with Crippen LogP contribution in [0.15, 0.2) is 18.2 Å². The van der Waals surface area contributed by atoms with Gasteiger partial charge in [-0.05, 0) is 18.2 Å². The fourth-order valence-corrected chi connectivity index (χ4v) is 1.46. The molecule has 1 rings (SSSR count). The molecule has 1 aromatic rings. The van der Waals surface area contributed by atoms with Gasteiger partial charge in [0.1, 0.15) is 6.61 Å². The quantitative estimate of drug-likeness (QED) is 0.822. The molecule has 0 bridgehead atoms. The van der Waals surface area contributed by atoms with Gasteiger partial charge in [-0.3, -0.25) is 4.79 Å². The number of rotatable bonds is 6. The van der Waals surface area contributed by atoms with E-state index in [0.29, 0.717) is 6.61 Å². The Kier molecular flexibility index (Phi) is 6.25. The maximum absolute atomic E-state index is 12.5. The molecule has 0 aliphatic carbocycles. The molecule has 0 spiro atoms. The van der Waals surface area contributed by atoms with Crippen LogP contribution >= 0.6 is 11.6 Å². The van der Waals surface area contributed by atoms with Crippen molar-refractivity contribution in [3.05, 3.63) is 28.8 Å². The third kappa shape index (κ3) is 5.36. The van der Waals surface area contributed by atoms with Crippen molar-refractivity contribution < 1.29 is 27.4 Å². The molecular weight excluding hydrogens is 299 g/mol. The van der Waals surface area contributed by atoms with Gasteiger partial charge in [0.05, 0.1) is 29.5 Å². The summed E-state index contributed by atoms with van der Waals surface area (Å²) in [6.07, 6.45) is -4.50. The minimum absolute atomic E-state index is 0.0169. The second-order valence-corrected chi connectivity index (χ2v) is 4.19. The number of carbonyl (C=O) groups is 1. The van der Waals surface area contributed by atoms with E-state index in [0.717, 1.165) is 18.2 Å². The summed E-state index contributed by atoms with van der Waals surface area (Å²) in [6.45, 7) is 0.230. The molecule has 0 aliphatic rings. The van der Waals surface area contributed by atoms with Gasteiger partial charge in [-0.25, -0.2) is 0 Å². The summed E-state index contributed by atoms with van der Waals surface area (Å²) in [7, 11) is 1.48. The summed E-state index contributed by atoms with van der Waals surface area (Å²) in [6, 6.07) is 2.69. The summed E-state index contributed by atoms with van der Waals surface area (Å²) < 4.78 is 47.2. The smallest absolute Gasteiger partial charge is 0.382 e. The number of anilines is 1. The zero-order chi connectivity index (χ0) is 15.2. The van der Waals surface area contributed by atoms with Gasteiger partial charge in [0.2, 0.25) is 5.91 Å². The number of hydrogen-bond donors (Lipinski definition) is 1. The Balaban J connectivity index is 2.65. The molecule has 1 amide bonds. The predicted molar refractivity (Wildman–Crippen MR) is 67.8 cm³/mol. The van der Waals surface area contributed by atoms with E-state index in [2.05, 4.69) is 5.32 Å². The minimum Gasteiger partial charge on any atom is -0.382 e. The van der Waals surface area contributed by atoms with Crippen LogP contribution < -0.4 is 5.32 Å². The Morgan fingerprint density at radius 2 is 2.05 bits per heavy atom. The summed E-state index contributed by atoms with van der Waals surface area (Å²) in [5.74, 6) is -0.595. The topological polar surface area (TPSA) is 47.6 Å². The first kappa shape index (κ1) is 16.7. The van der Waals surface area contributed by atoms with Crippen molar-refractivity contribution >= 4 is 23.2 Å². The molecule has 0 atom stereocenters. The van der Waals surface area contributed by atoms with Crippen molar-refractivity contribution in [2.75, 3.05) is 32.2 Å². The highest BCUT2D eigenvalue weighted by Crippen LogP contribution is 2.33. The number of benzene rings is 1. The van der Waals surface area contributed by atoms with E-state index >= 15 is 0 Å². The molecule has 112 valence electrons. The van der Waals surface area contributed by atoms with Crippen LogP contribution in [0.4, 0.5) is 18.9 Å². The van der Waals surface area contributed by atoms with Crippen molar-refractivity contribution in [1.82, 2.24) is 0 Å². The number of hydrogen-bond acceptors (Lipinski definition) is 3. The standard InChI is InChI=1S/C12H13ClF3NO3/c1-19-4-5-20-7-11(18)17-10-6-8(12(14,15)16)2-3-9(10)13/h2-3,6H,4-5,7H2,1H3,(H,17,18). The van der Waals surface area contributed by atoms with Gasteiger partial charge in [-0.15, -0.1) is 0 Å². The third-order valence-corrected chi connectivity index (χ3v) is 2.56. The molecule has 1 N–H and O–H groups in total. The number of alkyl halides is 3. The molecular formula is C12H13ClF3NO3. The van der Waals surface area contributed by atoms with Gasteiger partial charge < -0.3 is 14.8 Å². The van der Waals surface area contributed by atoms with E-state index in [4.69, 9.17) is 21.1 Å². The van der Waals surface area contributed by atoms with Gasteiger partial charge >= 0.3 is 6.18 Å². The number of nitrogens with one attached hydrogen (secondary N) is 1. The number of methoxy groups -OCH3 is 1. The Labute approximate surface area is 118 Å². The minimum atomic E-state index is -4.50. The van der Waals surface area contributed by atoms with Crippen molar-refractivity contribution in [3.8, 4) is 0 Å². The van der Waals surface area contributed by atoms with Gasteiger partial charge in [0, 0.05) is 7.11 Å². The molecule has 0 aliphatic heterocycles. The fraction of sp³-hybridized carbons (Fsp3) is 0.417. The van der Waals surface area contributed by atoms with E-state index < -0.39 is 17.6 Å². The van der Waals surface area contributed by atoms with E-state index in [-0.39, 0.29) is 23.9 Å². The first-order chi connectivity index (χ1) is 9.34. The highest BCUT2D eigenvalue weighted by atomic mass is 35.5. The molecule has 0 aromatic heterocycles. The average molecular weight is 312 g/mol. The van der Waals surface area contributed by atoms with E-state index in [1.165, 1.54) is 7.11 Å². The number of ether oxygens (including phenoxy) is 2. The number of carbonyl (C=O) groups excluding carboxylic acids is 1. The SMILES string of the molecule is COCCOCC(=O)Nc1cc(C(F)(F)F)ccc1Cl. The maximum atomic E-state index is 12.5. The molecule has 20 heavy (non-hydrogen) atoms. The molecule has 0 saturated carbocycles. The summed E-state index contributed by atoms with van der Waals surface area (Å²) in [5.41, 5.74) is -1.00. The summed E-state index contributed by atoms with van der Waals surface area (Å²) in [4.78, 5) is 11.5. The van der Waals surface area contributed by atoms with Crippen molar-refractivity contribution in [1.29, 1.82) is 0 Å². The lowest BCUT2D eigenvalue weighted by Crippen LogP contribution is -2.20. The lowest BCUT2D eigenvalue weighted by molar-refractivity contribution is -0.137. The van der Waals surface area contributed by atoms with Crippen LogP contribution in [-0.2, 0) is 20.4 Å². The van der Waals surface area contributed by atoms with Crippen molar-refractivity contribution in [3.63, 3.8) is 0 Å².